The fourth-order valence-electron chi connectivity index (χ4n) is 2.46. The highest BCUT2D eigenvalue weighted by atomic mass is 15.4. The van der Waals surface area contributed by atoms with Crippen LogP contribution in [0.4, 0.5) is 0 Å². The summed E-state index contributed by atoms with van der Waals surface area (Å²) in [6.07, 6.45) is 3.87. The van der Waals surface area contributed by atoms with Crippen LogP contribution in [0.2, 0.25) is 0 Å². The summed E-state index contributed by atoms with van der Waals surface area (Å²) in [6.45, 7) is 13.0. The fraction of sp³-hybridized carbons (Fsp3) is 0.923. The lowest BCUT2D eigenvalue weighted by atomic mass is 9.92. The van der Waals surface area contributed by atoms with Crippen LogP contribution in [-0.4, -0.2) is 48.2 Å². The molecule has 0 fully saturated rings. The first kappa shape index (κ1) is 11.7. The van der Waals surface area contributed by atoms with Crippen LogP contribution in [0.25, 0.3) is 0 Å². The molecule has 3 nitrogen and oxygen atoms in total. The largest absolute Gasteiger partial charge is 0.348 e. The maximum absolute atomic E-state index is 3.58. The molecule has 0 atom stereocenters. The van der Waals surface area contributed by atoms with Crippen LogP contribution in [-0.2, 0) is 0 Å². The zero-order valence-corrected chi connectivity index (χ0v) is 11.1. The molecule has 0 aromatic heterocycles. The van der Waals surface area contributed by atoms with Crippen LogP contribution in [0.5, 0.6) is 0 Å². The number of nitrogens with zero attached hydrogens (tertiary/aromatic N) is 2. The van der Waals surface area contributed by atoms with Crippen molar-refractivity contribution in [3.8, 4) is 0 Å². The molecule has 0 unspecified atom stereocenters. The van der Waals surface area contributed by atoms with Gasteiger partial charge in [-0.15, -0.1) is 0 Å². The molecule has 0 aliphatic carbocycles. The van der Waals surface area contributed by atoms with Crippen LogP contribution in [0.3, 0.4) is 0 Å². The predicted octanol–water partition coefficient (Wildman–Crippen LogP) is 1.49. The highest BCUT2D eigenvalue weighted by Gasteiger charge is 2.29. The summed E-state index contributed by atoms with van der Waals surface area (Å²) in [7, 11) is 0. The van der Waals surface area contributed by atoms with Crippen LogP contribution >= 0.6 is 0 Å². The van der Waals surface area contributed by atoms with Crippen molar-refractivity contribution in [1.29, 1.82) is 0 Å². The zero-order valence-electron chi connectivity index (χ0n) is 11.1. The van der Waals surface area contributed by atoms with Gasteiger partial charge in [-0.1, -0.05) is 20.8 Å². The van der Waals surface area contributed by atoms with Crippen molar-refractivity contribution < 1.29 is 4.58 Å². The smallest absolute Gasteiger partial charge is 0.278 e. The molecule has 2 heterocycles. The number of nitrogens with one attached hydrogen (secondary N) is 1. The lowest BCUT2D eigenvalue weighted by Gasteiger charge is -2.32. The highest BCUT2D eigenvalue weighted by Crippen LogP contribution is 2.19. The first-order chi connectivity index (χ1) is 7.56. The van der Waals surface area contributed by atoms with Crippen LogP contribution < -0.4 is 5.32 Å². The summed E-state index contributed by atoms with van der Waals surface area (Å²) >= 11 is 0. The minimum absolute atomic E-state index is 0.442. The second-order valence-electron chi connectivity index (χ2n) is 6.24. The number of guanidine groups is 1. The zero-order chi connectivity index (χ0) is 11.6. The second-order valence-corrected chi connectivity index (χ2v) is 6.24. The maximum Gasteiger partial charge on any atom is 0.348 e. The quantitative estimate of drug-likeness (QED) is 0.716. The van der Waals surface area contributed by atoms with Crippen molar-refractivity contribution in [1.82, 2.24) is 10.2 Å². The van der Waals surface area contributed by atoms with Crippen molar-refractivity contribution in [3.05, 3.63) is 0 Å². The van der Waals surface area contributed by atoms with Crippen molar-refractivity contribution in [3.63, 3.8) is 0 Å². The summed E-state index contributed by atoms with van der Waals surface area (Å²) in [4.78, 5) is 2.55. The van der Waals surface area contributed by atoms with E-state index in [0.717, 1.165) is 6.54 Å². The van der Waals surface area contributed by atoms with Gasteiger partial charge >= 0.3 is 5.96 Å². The summed E-state index contributed by atoms with van der Waals surface area (Å²) in [5.41, 5.74) is 0.442. The van der Waals surface area contributed by atoms with E-state index in [9.17, 15) is 0 Å². The minimum Gasteiger partial charge on any atom is -0.278 e. The van der Waals surface area contributed by atoms with Gasteiger partial charge < -0.3 is 0 Å². The van der Waals surface area contributed by atoms with Gasteiger partial charge in [0.05, 0.1) is 32.7 Å². The normalized spacial score (nSPS) is 21.8. The van der Waals surface area contributed by atoms with Gasteiger partial charge in [-0.05, 0) is 11.8 Å². The molecule has 0 amide bonds. The second kappa shape index (κ2) is 4.64. The Balaban J connectivity index is 1.98. The third-order valence-electron chi connectivity index (χ3n) is 3.47. The molecular formula is C13H26N3+. The number of hydrogen-bond acceptors (Lipinski definition) is 2. The van der Waals surface area contributed by atoms with E-state index in [4.69, 9.17) is 0 Å². The van der Waals surface area contributed by atoms with E-state index in [2.05, 4.69) is 35.6 Å². The maximum atomic E-state index is 3.58. The Bertz CT molecular complexity index is 271. The fourth-order valence-corrected chi connectivity index (χ4v) is 2.46. The summed E-state index contributed by atoms with van der Waals surface area (Å²) in [6, 6.07) is 0. The molecule has 92 valence electrons. The molecule has 0 aromatic carbocycles. The van der Waals surface area contributed by atoms with Gasteiger partial charge in [0.2, 0.25) is 0 Å². The van der Waals surface area contributed by atoms with Gasteiger partial charge in [0.1, 0.15) is 0 Å². The van der Waals surface area contributed by atoms with E-state index >= 15 is 0 Å². The summed E-state index contributed by atoms with van der Waals surface area (Å²) in [5.74, 6) is 1.40. The van der Waals surface area contributed by atoms with Crippen LogP contribution in [0, 0.1) is 5.41 Å². The molecule has 2 aliphatic rings. The number of hydrogen-bond donors (Lipinski definition) is 1. The van der Waals surface area contributed by atoms with Crippen molar-refractivity contribution in [2.24, 2.45) is 5.41 Å². The molecule has 0 saturated heterocycles. The summed E-state index contributed by atoms with van der Waals surface area (Å²) < 4.78 is 2.52. The van der Waals surface area contributed by atoms with Crippen molar-refractivity contribution in [2.45, 2.75) is 40.0 Å². The molecular weight excluding hydrogens is 198 g/mol. The van der Waals surface area contributed by atoms with E-state index < -0.39 is 0 Å². The minimum atomic E-state index is 0.442. The van der Waals surface area contributed by atoms with E-state index in [1.165, 1.54) is 51.4 Å². The molecule has 0 radical (unpaired) electrons. The Kier molecular flexibility index (Phi) is 3.41. The van der Waals surface area contributed by atoms with Gasteiger partial charge in [-0.2, -0.15) is 0 Å². The molecule has 0 bridgehead atoms. The lowest BCUT2D eigenvalue weighted by Crippen LogP contribution is -2.55. The van der Waals surface area contributed by atoms with Gasteiger partial charge in [0.25, 0.3) is 0 Å². The molecule has 3 heteroatoms. The number of rotatable bonds is 2. The van der Waals surface area contributed by atoms with Gasteiger partial charge in [-0.25, -0.2) is 0 Å². The Labute approximate surface area is 99.5 Å². The Hall–Kier alpha value is -0.730. The molecule has 0 saturated carbocycles. The Morgan fingerprint density at radius 1 is 1.25 bits per heavy atom. The average molecular weight is 224 g/mol. The van der Waals surface area contributed by atoms with Crippen molar-refractivity contribution in [2.75, 3.05) is 32.7 Å². The molecule has 16 heavy (non-hydrogen) atoms. The van der Waals surface area contributed by atoms with Gasteiger partial charge in [0.15, 0.2) is 0 Å². The Morgan fingerprint density at radius 2 is 2.00 bits per heavy atom. The van der Waals surface area contributed by atoms with E-state index in [1.807, 2.05) is 0 Å². The Morgan fingerprint density at radius 3 is 2.75 bits per heavy atom. The molecule has 0 aromatic rings. The van der Waals surface area contributed by atoms with E-state index in [1.54, 1.807) is 0 Å². The monoisotopic (exact) mass is 224 g/mol. The highest BCUT2D eigenvalue weighted by molar-refractivity contribution is 5.75. The summed E-state index contributed by atoms with van der Waals surface area (Å²) in [5, 5.41) is 3.58. The SMILES string of the molecule is CC(C)(C)CCN1CCC[N+]2=C1NCCC2. The third-order valence-corrected chi connectivity index (χ3v) is 3.47. The first-order valence-corrected chi connectivity index (χ1v) is 6.67. The van der Waals surface area contributed by atoms with Crippen molar-refractivity contribution >= 4 is 5.96 Å². The molecule has 2 rings (SSSR count). The van der Waals surface area contributed by atoms with Gasteiger partial charge in [-0.3, -0.25) is 14.8 Å². The standard InChI is InChI=1S/C13H25N3/c1-13(2,3)6-11-16-10-5-9-15-8-4-7-14-12(15)16/h4-11H2,1-3H3/p+1. The topological polar surface area (TPSA) is 18.3 Å². The molecule has 2 aliphatic heterocycles. The third kappa shape index (κ3) is 2.89. The predicted molar refractivity (Wildman–Crippen MR) is 67.9 cm³/mol. The average Bonchev–Trinajstić information content (AvgIpc) is 2.25. The van der Waals surface area contributed by atoms with E-state index in [0.29, 0.717) is 5.41 Å². The first-order valence-electron chi connectivity index (χ1n) is 6.67. The van der Waals surface area contributed by atoms with Gasteiger partial charge in [0, 0.05) is 12.8 Å². The van der Waals surface area contributed by atoms with Crippen LogP contribution in [0.1, 0.15) is 40.0 Å². The van der Waals surface area contributed by atoms with Crippen LogP contribution in [0.15, 0.2) is 0 Å². The lowest BCUT2D eigenvalue weighted by molar-refractivity contribution is -0.544. The molecule has 1 N–H and O–H groups in total. The van der Waals surface area contributed by atoms with E-state index in [-0.39, 0.29) is 0 Å². The molecule has 0 spiro atoms.